The second-order valence-electron chi connectivity index (χ2n) is 5.64. The zero-order valence-corrected chi connectivity index (χ0v) is 12.2. The lowest BCUT2D eigenvalue weighted by molar-refractivity contribution is -0.124. The zero-order chi connectivity index (χ0) is 14.7. The van der Waals surface area contributed by atoms with Crippen LogP contribution in [0.1, 0.15) is 32.6 Å². The highest BCUT2D eigenvalue weighted by molar-refractivity contribution is 5.77. The summed E-state index contributed by atoms with van der Waals surface area (Å²) >= 11 is 0. The Morgan fingerprint density at radius 2 is 2.24 bits per heavy atom. The summed E-state index contributed by atoms with van der Waals surface area (Å²) in [7, 11) is 0. The van der Waals surface area contributed by atoms with E-state index in [9.17, 15) is 4.79 Å². The Kier molecular flexibility index (Phi) is 4.03. The first-order chi connectivity index (χ1) is 10.2. The van der Waals surface area contributed by atoms with Crippen LogP contribution in [-0.2, 0) is 4.79 Å². The van der Waals surface area contributed by atoms with Crippen molar-refractivity contribution in [3.63, 3.8) is 0 Å². The number of amides is 1. The number of ether oxygens (including phenoxy) is 1. The lowest BCUT2D eigenvalue weighted by Gasteiger charge is -2.29. The molecule has 0 radical (unpaired) electrons. The van der Waals surface area contributed by atoms with Crippen molar-refractivity contribution in [2.45, 2.75) is 38.6 Å². The second kappa shape index (κ2) is 6.11. The predicted molar refractivity (Wildman–Crippen MR) is 78.0 cm³/mol. The van der Waals surface area contributed by atoms with Crippen LogP contribution in [0.2, 0.25) is 0 Å². The summed E-state index contributed by atoms with van der Waals surface area (Å²) in [6.45, 7) is 2.16. The van der Waals surface area contributed by atoms with E-state index in [0.29, 0.717) is 17.6 Å². The maximum atomic E-state index is 12.0. The van der Waals surface area contributed by atoms with E-state index in [0.717, 1.165) is 6.42 Å². The van der Waals surface area contributed by atoms with Gasteiger partial charge < -0.3 is 10.1 Å². The van der Waals surface area contributed by atoms with E-state index in [1.165, 1.54) is 19.3 Å². The third-order valence-electron chi connectivity index (χ3n) is 4.07. The highest BCUT2D eigenvalue weighted by atomic mass is 16.5. The van der Waals surface area contributed by atoms with Gasteiger partial charge in [-0.2, -0.15) is 0 Å². The van der Waals surface area contributed by atoms with Crippen LogP contribution >= 0.6 is 0 Å². The third-order valence-corrected chi connectivity index (χ3v) is 4.07. The molecule has 1 saturated carbocycles. The molecule has 21 heavy (non-hydrogen) atoms. The molecule has 2 heterocycles. The van der Waals surface area contributed by atoms with Gasteiger partial charge in [0, 0.05) is 12.2 Å². The number of hydrogen-bond acceptors (Lipinski definition) is 4. The van der Waals surface area contributed by atoms with Crippen molar-refractivity contribution in [2.24, 2.45) is 5.92 Å². The van der Waals surface area contributed by atoms with Crippen molar-refractivity contribution in [3.8, 4) is 6.01 Å². The van der Waals surface area contributed by atoms with Crippen LogP contribution in [0.5, 0.6) is 6.01 Å². The number of nitrogens with one attached hydrogen (secondary N) is 1. The summed E-state index contributed by atoms with van der Waals surface area (Å²) in [5.74, 6) is 0.443. The van der Waals surface area contributed by atoms with Gasteiger partial charge in [-0.3, -0.25) is 9.20 Å². The number of carbonyl (C=O) groups excluding carboxylic acids is 1. The molecule has 1 aliphatic carbocycles. The van der Waals surface area contributed by atoms with Crippen molar-refractivity contribution < 1.29 is 9.53 Å². The van der Waals surface area contributed by atoms with Gasteiger partial charge in [-0.25, -0.2) is 0 Å². The van der Waals surface area contributed by atoms with Crippen LogP contribution in [0.15, 0.2) is 24.4 Å². The van der Waals surface area contributed by atoms with Gasteiger partial charge in [0.1, 0.15) is 0 Å². The van der Waals surface area contributed by atoms with Crippen LogP contribution in [0.25, 0.3) is 5.65 Å². The standard InChI is InChI=1S/C15H20N4O2/c1-11-6-2-3-7-12(11)16-14(20)10-21-15-18-17-13-8-4-5-9-19(13)15/h4-5,8-9,11-12H,2-3,6-7,10H2,1H3,(H,16,20)/t11-,12-/m0/s1. The van der Waals surface area contributed by atoms with Gasteiger partial charge in [-0.1, -0.05) is 30.9 Å². The monoisotopic (exact) mass is 288 g/mol. The number of pyridine rings is 1. The van der Waals surface area contributed by atoms with Crippen LogP contribution in [0.3, 0.4) is 0 Å². The molecule has 1 aliphatic rings. The Hall–Kier alpha value is -2.11. The van der Waals surface area contributed by atoms with E-state index in [2.05, 4.69) is 22.4 Å². The largest absolute Gasteiger partial charge is 0.453 e. The van der Waals surface area contributed by atoms with E-state index >= 15 is 0 Å². The molecule has 0 aliphatic heterocycles. The predicted octanol–water partition coefficient (Wildman–Crippen LogP) is 1.80. The first-order valence-corrected chi connectivity index (χ1v) is 7.46. The van der Waals surface area contributed by atoms with Crippen LogP contribution in [0.4, 0.5) is 0 Å². The zero-order valence-electron chi connectivity index (χ0n) is 12.2. The highest BCUT2D eigenvalue weighted by Gasteiger charge is 2.23. The van der Waals surface area contributed by atoms with Gasteiger partial charge in [0.25, 0.3) is 5.91 Å². The molecular formula is C15H20N4O2. The normalized spacial score (nSPS) is 22.1. The van der Waals surface area contributed by atoms with Gasteiger partial charge in [0.2, 0.25) is 0 Å². The molecule has 2 atom stereocenters. The number of hydrogen-bond donors (Lipinski definition) is 1. The molecule has 2 aromatic rings. The number of fused-ring (bicyclic) bond motifs is 1. The molecule has 0 spiro atoms. The first kappa shape index (κ1) is 13.9. The topological polar surface area (TPSA) is 68.5 Å². The molecule has 6 heteroatoms. The van der Waals surface area contributed by atoms with Crippen molar-refractivity contribution in [3.05, 3.63) is 24.4 Å². The molecule has 0 aromatic carbocycles. The van der Waals surface area contributed by atoms with Crippen molar-refractivity contribution in [1.29, 1.82) is 0 Å². The SMILES string of the molecule is C[C@H]1CCCC[C@@H]1NC(=O)COc1nnc2ccccn12. The fourth-order valence-corrected chi connectivity index (χ4v) is 2.83. The minimum Gasteiger partial charge on any atom is -0.453 e. The van der Waals surface area contributed by atoms with Crippen molar-refractivity contribution in [2.75, 3.05) is 6.61 Å². The molecule has 0 saturated heterocycles. The number of nitrogens with zero attached hydrogens (tertiary/aromatic N) is 3. The molecular weight excluding hydrogens is 268 g/mol. The van der Waals surface area contributed by atoms with Crippen LogP contribution < -0.4 is 10.1 Å². The fraction of sp³-hybridized carbons (Fsp3) is 0.533. The average Bonchev–Trinajstić information content (AvgIpc) is 2.91. The van der Waals surface area contributed by atoms with Crippen LogP contribution in [-0.4, -0.2) is 33.2 Å². The van der Waals surface area contributed by atoms with Gasteiger partial charge >= 0.3 is 6.01 Å². The quantitative estimate of drug-likeness (QED) is 0.931. The van der Waals surface area contributed by atoms with Crippen LogP contribution in [0, 0.1) is 5.92 Å². The molecule has 0 unspecified atom stereocenters. The van der Waals surface area contributed by atoms with Crippen molar-refractivity contribution in [1.82, 2.24) is 19.9 Å². The van der Waals surface area contributed by atoms with Gasteiger partial charge in [0.15, 0.2) is 12.3 Å². The molecule has 1 amide bonds. The van der Waals surface area contributed by atoms with Gasteiger partial charge in [-0.15, -0.1) is 5.10 Å². The molecule has 1 fully saturated rings. The minimum absolute atomic E-state index is 0.0289. The summed E-state index contributed by atoms with van der Waals surface area (Å²) in [4.78, 5) is 12.0. The Labute approximate surface area is 123 Å². The highest BCUT2D eigenvalue weighted by Crippen LogP contribution is 2.23. The second-order valence-corrected chi connectivity index (χ2v) is 5.64. The molecule has 2 aromatic heterocycles. The van der Waals surface area contributed by atoms with Gasteiger partial charge in [0.05, 0.1) is 0 Å². The van der Waals surface area contributed by atoms with E-state index in [-0.39, 0.29) is 18.6 Å². The summed E-state index contributed by atoms with van der Waals surface area (Å²) in [5.41, 5.74) is 0.703. The third kappa shape index (κ3) is 3.15. The summed E-state index contributed by atoms with van der Waals surface area (Å²) in [6, 6.07) is 6.20. The van der Waals surface area contributed by atoms with E-state index in [4.69, 9.17) is 4.74 Å². The van der Waals surface area contributed by atoms with E-state index in [1.54, 1.807) is 4.40 Å². The Bertz CT molecular complexity index is 625. The van der Waals surface area contributed by atoms with Crippen molar-refractivity contribution >= 4 is 11.6 Å². The first-order valence-electron chi connectivity index (χ1n) is 7.46. The summed E-state index contributed by atoms with van der Waals surface area (Å²) in [5, 5.41) is 11.0. The Balaban J connectivity index is 1.56. The van der Waals surface area contributed by atoms with Gasteiger partial charge in [-0.05, 0) is 30.9 Å². The van der Waals surface area contributed by atoms with E-state index < -0.39 is 0 Å². The lowest BCUT2D eigenvalue weighted by Crippen LogP contribution is -2.43. The smallest absolute Gasteiger partial charge is 0.322 e. The maximum absolute atomic E-state index is 12.0. The number of aromatic nitrogens is 3. The fourth-order valence-electron chi connectivity index (χ4n) is 2.83. The molecule has 0 bridgehead atoms. The molecule has 3 rings (SSSR count). The molecule has 112 valence electrons. The van der Waals surface area contributed by atoms with E-state index in [1.807, 2.05) is 24.4 Å². The maximum Gasteiger partial charge on any atom is 0.322 e. The number of carbonyl (C=O) groups is 1. The molecule has 6 nitrogen and oxygen atoms in total. The minimum atomic E-state index is -0.0959. The summed E-state index contributed by atoms with van der Waals surface area (Å²) in [6.07, 6.45) is 6.49. The average molecular weight is 288 g/mol. The molecule has 1 N–H and O–H groups in total. The summed E-state index contributed by atoms with van der Waals surface area (Å²) < 4.78 is 7.19. The number of rotatable bonds is 4. The Morgan fingerprint density at radius 1 is 1.38 bits per heavy atom. The Morgan fingerprint density at radius 3 is 3.10 bits per heavy atom. The lowest BCUT2D eigenvalue weighted by atomic mass is 9.86.